The van der Waals surface area contributed by atoms with Crippen LogP contribution >= 0.6 is 11.6 Å². The van der Waals surface area contributed by atoms with E-state index in [9.17, 15) is 10.1 Å². The molecule has 0 aliphatic carbocycles. The first kappa shape index (κ1) is 31.5. The van der Waals surface area contributed by atoms with Crippen LogP contribution in [-0.2, 0) is 28.4 Å². The molecular weight excluding hydrogens is 482 g/mol. The minimum absolute atomic E-state index is 0.0322. The van der Waals surface area contributed by atoms with E-state index in [1.165, 1.54) is 18.6 Å². The van der Waals surface area contributed by atoms with Gasteiger partial charge in [-0.3, -0.25) is 10.1 Å². The number of nitro benzene ring substituents is 1. The van der Waals surface area contributed by atoms with Crippen LogP contribution in [0.1, 0.15) is 25.7 Å². The quantitative estimate of drug-likeness (QED) is 0.0776. The second kappa shape index (κ2) is 24.2. The van der Waals surface area contributed by atoms with E-state index in [2.05, 4.69) is 0 Å². The number of ether oxygens (including phenoxy) is 7. The zero-order valence-corrected chi connectivity index (χ0v) is 21.3. The lowest BCUT2D eigenvalue weighted by molar-refractivity contribution is -0.384. The molecule has 0 unspecified atom stereocenters. The second-order valence-corrected chi connectivity index (χ2v) is 7.75. The molecule has 10 nitrogen and oxygen atoms in total. The molecule has 0 aliphatic heterocycles. The van der Waals surface area contributed by atoms with Crippen molar-refractivity contribution in [1.29, 1.82) is 0 Å². The van der Waals surface area contributed by atoms with Gasteiger partial charge in [-0.05, 0) is 25.0 Å². The van der Waals surface area contributed by atoms with Gasteiger partial charge in [-0.2, -0.15) is 0 Å². The Morgan fingerprint density at radius 1 is 0.571 bits per heavy atom. The Morgan fingerprint density at radius 2 is 0.971 bits per heavy atom. The number of hydrogen-bond donors (Lipinski definition) is 0. The molecule has 0 amide bonds. The van der Waals surface area contributed by atoms with E-state index in [4.69, 9.17) is 44.8 Å². The second-order valence-electron chi connectivity index (χ2n) is 7.38. The molecule has 0 fully saturated rings. The van der Waals surface area contributed by atoms with Gasteiger partial charge in [0.15, 0.2) is 0 Å². The number of benzene rings is 1. The molecule has 0 aromatic heterocycles. The normalized spacial score (nSPS) is 11.1. The number of unbranched alkanes of at least 4 members (excludes halogenated alkanes) is 3. The molecule has 35 heavy (non-hydrogen) atoms. The van der Waals surface area contributed by atoms with Crippen LogP contribution in [0.2, 0.25) is 0 Å². The molecular formula is C24H40ClNO9. The highest BCUT2D eigenvalue weighted by molar-refractivity contribution is 6.17. The number of nitro groups is 1. The van der Waals surface area contributed by atoms with Crippen LogP contribution in [0.3, 0.4) is 0 Å². The van der Waals surface area contributed by atoms with Gasteiger partial charge in [0.25, 0.3) is 5.69 Å². The van der Waals surface area contributed by atoms with Crippen LogP contribution in [0.25, 0.3) is 0 Å². The number of rotatable bonds is 26. The number of alkyl halides is 1. The maximum Gasteiger partial charge on any atom is 0.269 e. The Hall–Kier alpha value is -1.53. The van der Waals surface area contributed by atoms with Crippen LogP contribution in [0, 0.1) is 10.1 Å². The molecule has 0 bridgehead atoms. The van der Waals surface area contributed by atoms with Crippen LogP contribution in [0.15, 0.2) is 24.3 Å². The van der Waals surface area contributed by atoms with Gasteiger partial charge in [-0.1, -0.05) is 12.8 Å². The molecule has 0 N–H and O–H groups in total. The summed E-state index contributed by atoms with van der Waals surface area (Å²) >= 11 is 5.63. The van der Waals surface area contributed by atoms with E-state index in [1.807, 2.05) is 0 Å². The third-order valence-electron chi connectivity index (χ3n) is 4.58. The van der Waals surface area contributed by atoms with Gasteiger partial charge >= 0.3 is 0 Å². The molecule has 0 saturated carbocycles. The van der Waals surface area contributed by atoms with Crippen molar-refractivity contribution in [3.8, 4) is 5.75 Å². The number of nitrogens with zero attached hydrogens (tertiary/aromatic N) is 1. The fraction of sp³-hybridized carbons (Fsp3) is 0.750. The van der Waals surface area contributed by atoms with Crippen LogP contribution < -0.4 is 4.74 Å². The molecule has 0 spiro atoms. The first-order valence-electron chi connectivity index (χ1n) is 12.1. The highest BCUT2D eigenvalue weighted by atomic mass is 35.5. The molecule has 0 aliphatic rings. The summed E-state index contributed by atoms with van der Waals surface area (Å²) in [5.41, 5.74) is 0.0322. The summed E-state index contributed by atoms with van der Waals surface area (Å²) in [6.07, 6.45) is 4.48. The van der Waals surface area contributed by atoms with Gasteiger partial charge in [0.2, 0.25) is 0 Å². The predicted octanol–water partition coefficient (Wildman–Crippen LogP) is 3.87. The summed E-state index contributed by atoms with van der Waals surface area (Å²) in [5, 5.41) is 10.6. The average Bonchev–Trinajstić information content (AvgIpc) is 2.87. The fourth-order valence-electron chi connectivity index (χ4n) is 2.74. The largest absolute Gasteiger partial charge is 0.491 e. The van der Waals surface area contributed by atoms with Crippen LogP contribution in [0.4, 0.5) is 5.69 Å². The summed E-state index contributed by atoms with van der Waals surface area (Å²) in [6, 6.07) is 5.93. The van der Waals surface area contributed by atoms with Gasteiger partial charge in [0.05, 0.1) is 77.6 Å². The van der Waals surface area contributed by atoms with Crippen molar-refractivity contribution in [3.05, 3.63) is 34.4 Å². The topological polar surface area (TPSA) is 108 Å². The molecule has 0 radical (unpaired) electrons. The minimum atomic E-state index is -0.448. The molecule has 11 heteroatoms. The van der Waals surface area contributed by atoms with E-state index in [-0.39, 0.29) is 5.69 Å². The van der Waals surface area contributed by atoms with E-state index >= 15 is 0 Å². The third-order valence-corrected chi connectivity index (χ3v) is 4.84. The van der Waals surface area contributed by atoms with Crippen molar-refractivity contribution in [3.63, 3.8) is 0 Å². The Morgan fingerprint density at radius 3 is 1.40 bits per heavy atom. The lowest BCUT2D eigenvalue weighted by Crippen LogP contribution is -2.14. The predicted molar refractivity (Wildman–Crippen MR) is 133 cm³/mol. The summed E-state index contributed by atoms with van der Waals surface area (Å²) in [5.74, 6) is 1.30. The van der Waals surface area contributed by atoms with Crippen molar-refractivity contribution in [2.75, 3.05) is 91.8 Å². The zero-order chi connectivity index (χ0) is 25.2. The minimum Gasteiger partial charge on any atom is -0.491 e. The van der Waals surface area contributed by atoms with Crippen molar-refractivity contribution in [2.45, 2.75) is 25.7 Å². The molecule has 0 atom stereocenters. The van der Waals surface area contributed by atoms with E-state index < -0.39 is 4.92 Å². The van der Waals surface area contributed by atoms with E-state index in [1.54, 1.807) is 12.1 Å². The number of halogens is 1. The third kappa shape index (κ3) is 20.4. The average molecular weight is 522 g/mol. The van der Waals surface area contributed by atoms with Crippen LogP contribution in [0.5, 0.6) is 5.75 Å². The van der Waals surface area contributed by atoms with Crippen molar-refractivity contribution < 1.29 is 38.1 Å². The van der Waals surface area contributed by atoms with Gasteiger partial charge in [0, 0.05) is 24.6 Å². The molecule has 1 aromatic rings. The summed E-state index contributed by atoms with van der Waals surface area (Å²) in [4.78, 5) is 10.1. The first-order valence-corrected chi connectivity index (χ1v) is 12.7. The molecule has 0 saturated heterocycles. The van der Waals surface area contributed by atoms with Crippen molar-refractivity contribution in [1.82, 2.24) is 0 Å². The smallest absolute Gasteiger partial charge is 0.269 e. The van der Waals surface area contributed by atoms with Gasteiger partial charge in [-0.25, -0.2) is 0 Å². The zero-order valence-electron chi connectivity index (χ0n) is 20.5. The van der Waals surface area contributed by atoms with Crippen molar-refractivity contribution >= 4 is 17.3 Å². The Bertz CT molecular complexity index is 607. The monoisotopic (exact) mass is 521 g/mol. The maximum absolute atomic E-state index is 10.6. The molecule has 202 valence electrons. The standard InChI is InChI=1S/C24H40ClNO9/c25-9-3-1-2-4-10-29-11-12-30-13-14-31-15-16-32-17-18-33-19-20-34-21-22-35-24-7-5-23(6-8-24)26(27)28/h5-8H,1-4,9-22H2. The highest BCUT2D eigenvalue weighted by Gasteiger charge is 2.04. The number of hydrogen-bond acceptors (Lipinski definition) is 9. The lowest BCUT2D eigenvalue weighted by Gasteiger charge is -2.09. The van der Waals surface area contributed by atoms with E-state index in [0.29, 0.717) is 85.0 Å². The summed E-state index contributed by atoms with van der Waals surface area (Å²) in [7, 11) is 0. The molecule has 1 rings (SSSR count). The molecule has 1 aromatic carbocycles. The Labute approximate surface area is 213 Å². The molecule has 0 heterocycles. The van der Waals surface area contributed by atoms with Gasteiger partial charge < -0.3 is 33.2 Å². The van der Waals surface area contributed by atoms with E-state index in [0.717, 1.165) is 31.7 Å². The summed E-state index contributed by atoms with van der Waals surface area (Å²) in [6.45, 7) is 6.71. The lowest BCUT2D eigenvalue weighted by atomic mass is 10.2. The van der Waals surface area contributed by atoms with Crippen LogP contribution in [-0.4, -0.2) is 96.7 Å². The highest BCUT2D eigenvalue weighted by Crippen LogP contribution is 2.17. The first-order chi connectivity index (χ1) is 17.2. The number of non-ortho nitro benzene ring substituents is 1. The SMILES string of the molecule is O=[N+]([O-])c1ccc(OCCOCCOCCOCCOCCOCCOCCCCCCCl)cc1. The van der Waals surface area contributed by atoms with Gasteiger partial charge in [0.1, 0.15) is 12.4 Å². The van der Waals surface area contributed by atoms with Gasteiger partial charge in [-0.15, -0.1) is 11.6 Å². The fourth-order valence-corrected chi connectivity index (χ4v) is 2.93. The maximum atomic E-state index is 10.6. The van der Waals surface area contributed by atoms with Crippen molar-refractivity contribution in [2.24, 2.45) is 0 Å². The summed E-state index contributed by atoms with van der Waals surface area (Å²) < 4.78 is 38.1. The Kier molecular flexibility index (Phi) is 21.8. The Balaban J connectivity index is 1.71.